The smallest absolute Gasteiger partial charge is 0.386 e. The van der Waals surface area contributed by atoms with E-state index < -0.39 is 7.32 Å². The topological polar surface area (TPSA) is 27.7 Å². The van der Waals surface area contributed by atoms with Gasteiger partial charge in [-0.1, -0.05) is 62.3 Å². The van der Waals surface area contributed by atoms with Gasteiger partial charge in [0.1, 0.15) is 0 Å². The first-order chi connectivity index (χ1) is 14.3. The van der Waals surface area contributed by atoms with E-state index in [-0.39, 0.29) is 0 Å². The molecule has 0 atom stereocenters. The summed E-state index contributed by atoms with van der Waals surface area (Å²) in [5, 5.41) is 0. The Hall–Kier alpha value is 0.995. The fraction of sp³-hybridized carbons (Fsp3) is 1.00. The summed E-state index contributed by atoms with van der Waals surface area (Å²) in [7, 11) is -0.513. The van der Waals surface area contributed by atoms with Crippen LogP contribution in [0.25, 0.3) is 0 Å². The quantitative estimate of drug-likeness (QED) is 0.142. The van der Waals surface area contributed by atoms with Gasteiger partial charge in [-0.05, 0) is 55.8 Å². The molecule has 0 aliphatic carbocycles. The largest absolute Gasteiger partial charge is 0.639 e. The number of hydrogen-bond acceptors (Lipinski definition) is 6. The van der Waals surface area contributed by atoms with Crippen molar-refractivity contribution in [3.05, 3.63) is 0 Å². The maximum absolute atomic E-state index is 5.93. The molecule has 0 spiro atoms. The van der Waals surface area contributed by atoms with Crippen LogP contribution >= 0.6 is 35.3 Å². The normalized spacial score (nSPS) is 13.1. The molecule has 0 aliphatic rings. The third-order valence-electron chi connectivity index (χ3n) is 3.98. The molecule has 0 heterocycles. The van der Waals surface area contributed by atoms with Crippen LogP contribution in [-0.2, 0) is 14.0 Å². The summed E-state index contributed by atoms with van der Waals surface area (Å²) in [4.78, 5) is 0. The van der Waals surface area contributed by atoms with Crippen molar-refractivity contribution in [1.29, 1.82) is 0 Å². The van der Waals surface area contributed by atoms with Gasteiger partial charge in [0, 0.05) is 34.1 Å². The lowest BCUT2D eigenvalue weighted by molar-refractivity contribution is 0.0900. The van der Waals surface area contributed by atoms with Gasteiger partial charge < -0.3 is 14.0 Å². The molecule has 0 aromatic carbocycles. The molecule has 0 saturated carbocycles. The molecule has 0 unspecified atom stereocenters. The Kier molecular flexibility index (Phi) is 18.0. The SMILES string of the molecule is CC(C)(C)SCCCCOB(OCCCCSC(C)(C)C)OCCCCSC(C)(C)C. The minimum absolute atomic E-state index is 0.339. The van der Waals surface area contributed by atoms with Crippen LogP contribution in [-0.4, -0.2) is 58.6 Å². The summed E-state index contributed by atoms with van der Waals surface area (Å²) in [5.41, 5.74) is 0. The maximum Gasteiger partial charge on any atom is 0.639 e. The fourth-order valence-electron chi connectivity index (χ4n) is 2.43. The zero-order chi connectivity index (χ0) is 23.8. The van der Waals surface area contributed by atoms with Gasteiger partial charge in [0.25, 0.3) is 0 Å². The minimum Gasteiger partial charge on any atom is -0.386 e. The second-order valence-corrected chi connectivity index (χ2v) is 16.7. The van der Waals surface area contributed by atoms with E-state index in [1.54, 1.807) is 0 Å². The first kappa shape index (κ1) is 32.0. The molecule has 186 valence electrons. The third kappa shape index (κ3) is 27.1. The zero-order valence-electron chi connectivity index (χ0n) is 22.0. The number of unbranched alkanes of at least 4 members (excludes halogenated alkanes) is 3. The summed E-state index contributed by atoms with van der Waals surface area (Å²) in [6.45, 7) is 22.5. The molecule has 7 heteroatoms. The van der Waals surface area contributed by atoms with E-state index in [1.165, 1.54) is 36.5 Å². The highest BCUT2D eigenvalue weighted by molar-refractivity contribution is 8.01. The van der Waals surface area contributed by atoms with Crippen molar-refractivity contribution in [2.45, 2.75) is 115 Å². The summed E-state index contributed by atoms with van der Waals surface area (Å²) in [6.07, 6.45) is 6.67. The first-order valence-corrected chi connectivity index (χ1v) is 15.0. The summed E-state index contributed by atoms with van der Waals surface area (Å²) in [5.74, 6) is 3.53. The lowest BCUT2D eigenvalue weighted by Crippen LogP contribution is -2.29. The van der Waals surface area contributed by atoms with Crippen LogP contribution in [0.2, 0.25) is 0 Å². The van der Waals surface area contributed by atoms with Gasteiger partial charge in [-0.3, -0.25) is 0 Å². The average molecular weight is 495 g/mol. The molecule has 31 heavy (non-hydrogen) atoms. The molecule has 3 nitrogen and oxygen atoms in total. The minimum atomic E-state index is -0.513. The Labute approximate surface area is 208 Å². The van der Waals surface area contributed by atoms with E-state index in [0.717, 1.165) is 19.3 Å². The Morgan fingerprint density at radius 1 is 0.452 bits per heavy atom. The molecule has 0 aromatic heterocycles. The van der Waals surface area contributed by atoms with E-state index in [0.29, 0.717) is 34.1 Å². The molecule has 0 bridgehead atoms. The van der Waals surface area contributed by atoms with Crippen molar-refractivity contribution in [3.8, 4) is 0 Å². The molecule has 0 aliphatic heterocycles. The van der Waals surface area contributed by atoms with Crippen LogP contribution < -0.4 is 0 Å². The van der Waals surface area contributed by atoms with Crippen LogP contribution in [0.1, 0.15) is 101 Å². The fourth-order valence-corrected chi connectivity index (χ4v) is 5.31. The Morgan fingerprint density at radius 3 is 0.935 bits per heavy atom. The summed E-state index contributed by atoms with van der Waals surface area (Å²) < 4.78 is 18.8. The molecule has 0 N–H and O–H groups in total. The number of hydrogen-bond donors (Lipinski definition) is 0. The van der Waals surface area contributed by atoms with Gasteiger partial charge in [-0.15, -0.1) is 0 Å². The summed E-state index contributed by atoms with van der Waals surface area (Å²) >= 11 is 6.05. The third-order valence-corrected chi connectivity index (χ3v) is 8.06. The lowest BCUT2D eigenvalue weighted by Gasteiger charge is -2.19. The van der Waals surface area contributed by atoms with Crippen LogP contribution in [0.15, 0.2) is 0 Å². The number of thioether (sulfide) groups is 3. The van der Waals surface area contributed by atoms with Crippen molar-refractivity contribution in [2.75, 3.05) is 37.1 Å². The summed E-state index contributed by atoms with van der Waals surface area (Å²) in [6, 6.07) is 0. The molecular weight excluding hydrogens is 443 g/mol. The van der Waals surface area contributed by atoms with Crippen molar-refractivity contribution in [1.82, 2.24) is 0 Å². The van der Waals surface area contributed by atoms with Crippen LogP contribution in [0.5, 0.6) is 0 Å². The second-order valence-electron chi connectivity index (χ2n) is 10.9. The predicted octanol–water partition coefficient (Wildman–Crippen LogP) is 7.96. The van der Waals surface area contributed by atoms with Crippen LogP contribution in [0, 0.1) is 0 Å². The highest BCUT2D eigenvalue weighted by Crippen LogP contribution is 2.25. The van der Waals surface area contributed by atoms with E-state index >= 15 is 0 Å². The van der Waals surface area contributed by atoms with Gasteiger partial charge >= 0.3 is 7.32 Å². The predicted molar refractivity (Wildman–Crippen MR) is 148 cm³/mol. The second kappa shape index (κ2) is 17.4. The molecule has 0 aromatic rings. The Balaban J connectivity index is 4.06. The van der Waals surface area contributed by atoms with E-state index in [4.69, 9.17) is 14.0 Å². The van der Waals surface area contributed by atoms with Gasteiger partial charge in [0.2, 0.25) is 0 Å². The molecule has 0 fully saturated rings. The monoisotopic (exact) mass is 494 g/mol. The Bertz CT molecular complexity index is 356. The van der Waals surface area contributed by atoms with Crippen molar-refractivity contribution >= 4 is 42.6 Å². The van der Waals surface area contributed by atoms with E-state index in [2.05, 4.69) is 62.3 Å². The van der Waals surface area contributed by atoms with Gasteiger partial charge in [-0.25, -0.2) is 0 Å². The van der Waals surface area contributed by atoms with E-state index in [9.17, 15) is 0 Å². The highest BCUT2D eigenvalue weighted by Gasteiger charge is 2.21. The molecule has 0 saturated heterocycles. The molecule has 0 amide bonds. The standard InChI is InChI=1S/C24H51BO3S3/c1-22(2,3)29-19-13-10-16-26-25(27-17-11-14-20-30-23(4,5)6)28-18-12-15-21-31-24(7,8)9/h10-21H2,1-9H3. The molecular formula is C24H51BO3S3. The van der Waals surface area contributed by atoms with Gasteiger partial charge in [0.05, 0.1) is 0 Å². The van der Waals surface area contributed by atoms with Crippen molar-refractivity contribution in [3.63, 3.8) is 0 Å². The highest BCUT2D eigenvalue weighted by atomic mass is 32.2. The van der Waals surface area contributed by atoms with Gasteiger partial charge in [0.15, 0.2) is 0 Å². The average Bonchev–Trinajstić information content (AvgIpc) is 2.60. The maximum atomic E-state index is 5.93. The molecule has 0 radical (unpaired) electrons. The van der Waals surface area contributed by atoms with Crippen LogP contribution in [0.4, 0.5) is 0 Å². The van der Waals surface area contributed by atoms with Crippen LogP contribution in [0.3, 0.4) is 0 Å². The van der Waals surface area contributed by atoms with E-state index in [1.807, 2.05) is 35.3 Å². The zero-order valence-corrected chi connectivity index (χ0v) is 24.5. The lowest BCUT2D eigenvalue weighted by atomic mass is 10.2. The Morgan fingerprint density at radius 2 is 0.710 bits per heavy atom. The molecule has 0 rings (SSSR count). The van der Waals surface area contributed by atoms with Gasteiger partial charge in [-0.2, -0.15) is 35.3 Å². The number of rotatable bonds is 18. The first-order valence-electron chi connectivity index (χ1n) is 12.1. The van der Waals surface area contributed by atoms with Crippen molar-refractivity contribution in [2.24, 2.45) is 0 Å². The van der Waals surface area contributed by atoms with Crippen molar-refractivity contribution < 1.29 is 14.0 Å².